The Morgan fingerprint density at radius 3 is 2.24 bits per heavy atom. The van der Waals surface area contributed by atoms with Crippen molar-refractivity contribution in [3.63, 3.8) is 0 Å². The van der Waals surface area contributed by atoms with Crippen LogP contribution in [0.4, 0.5) is 5.69 Å². The highest BCUT2D eigenvalue weighted by Crippen LogP contribution is 2.26. The first-order chi connectivity index (χ1) is 14.1. The molecule has 3 aromatic rings. The van der Waals surface area contributed by atoms with E-state index in [0.29, 0.717) is 23.3 Å². The highest BCUT2D eigenvalue weighted by molar-refractivity contribution is 6.18. The zero-order valence-corrected chi connectivity index (χ0v) is 16.0. The number of aldehydes is 1. The Kier molecular flexibility index (Phi) is 6.43. The number of methoxy groups -OCH3 is 1. The summed E-state index contributed by atoms with van der Waals surface area (Å²) < 4.78 is 5.26. The summed E-state index contributed by atoms with van der Waals surface area (Å²) in [5.41, 5.74) is 8.31. The Bertz CT molecular complexity index is 1010. The molecule has 3 rings (SSSR count). The van der Waals surface area contributed by atoms with Crippen molar-refractivity contribution < 1.29 is 14.3 Å². The summed E-state index contributed by atoms with van der Waals surface area (Å²) in [5.74, 6) is 0.278. The molecule has 1 unspecified atom stereocenters. The lowest BCUT2D eigenvalue weighted by molar-refractivity contribution is -0.116. The monoisotopic (exact) mass is 386 g/mol. The van der Waals surface area contributed by atoms with Gasteiger partial charge in [-0.15, -0.1) is 0 Å². The summed E-state index contributed by atoms with van der Waals surface area (Å²) in [6, 6.07) is 24.7. The van der Waals surface area contributed by atoms with Crippen LogP contribution in [0.2, 0.25) is 0 Å². The molecular formula is C24H22N2O3. The Hall–Kier alpha value is -3.86. The normalized spacial score (nSPS) is 12.4. The molecule has 29 heavy (non-hydrogen) atoms. The fraction of sp³-hybridized carbons (Fsp3) is 0.0833. The number of ether oxygens (including phenoxy) is 1. The maximum Gasteiger partial charge on any atom is 0.205 e. The van der Waals surface area contributed by atoms with E-state index in [4.69, 9.17) is 10.5 Å². The van der Waals surface area contributed by atoms with Crippen LogP contribution in [0.1, 0.15) is 17.2 Å². The zero-order valence-electron chi connectivity index (χ0n) is 16.0. The predicted octanol–water partition coefficient (Wildman–Crippen LogP) is 3.99. The van der Waals surface area contributed by atoms with Gasteiger partial charge in [0, 0.05) is 17.3 Å². The van der Waals surface area contributed by atoms with E-state index in [0.717, 1.165) is 5.56 Å². The van der Waals surface area contributed by atoms with E-state index in [9.17, 15) is 9.59 Å². The summed E-state index contributed by atoms with van der Waals surface area (Å²) in [6.45, 7) is 0. The third kappa shape index (κ3) is 4.71. The molecule has 0 saturated heterocycles. The molecule has 0 amide bonds. The van der Waals surface area contributed by atoms with E-state index in [2.05, 4.69) is 5.32 Å². The number of nitrogens with one attached hydrogen (secondary N) is 1. The summed E-state index contributed by atoms with van der Waals surface area (Å²) in [6.07, 6.45) is 0.621. The Labute approximate surface area is 169 Å². The molecule has 3 N–H and O–H groups in total. The van der Waals surface area contributed by atoms with Gasteiger partial charge in [0.25, 0.3) is 0 Å². The summed E-state index contributed by atoms with van der Waals surface area (Å²) in [4.78, 5) is 25.1. The quantitative estimate of drug-likeness (QED) is 0.452. The maximum atomic E-state index is 13.3. The molecule has 0 fully saturated rings. The Balaban J connectivity index is 2.02. The summed E-state index contributed by atoms with van der Waals surface area (Å²) >= 11 is 0. The van der Waals surface area contributed by atoms with Crippen molar-refractivity contribution in [2.45, 2.75) is 6.04 Å². The number of Topliss-reactive ketones (excluding diaryl/α,β-unsaturated/α-hetero) is 1. The van der Waals surface area contributed by atoms with Gasteiger partial charge in [0.05, 0.1) is 12.8 Å². The first kappa shape index (κ1) is 19.9. The molecule has 0 aliphatic rings. The van der Waals surface area contributed by atoms with Crippen molar-refractivity contribution in [2.24, 2.45) is 5.73 Å². The van der Waals surface area contributed by atoms with Gasteiger partial charge in [-0.25, -0.2) is 0 Å². The zero-order chi connectivity index (χ0) is 20.6. The number of allylic oxidation sites excluding steroid dienone is 1. The summed E-state index contributed by atoms with van der Waals surface area (Å²) in [5, 5.41) is 3.22. The SMILES string of the molecule is COc1cccc(NC(C(=O)C(N)=C(C=O)c2ccccc2)c2ccccc2)c1. The van der Waals surface area contributed by atoms with Crippen LogP contribution in [-0.4, -0.2) is 19.2 Å². The molecule has 0 aliphatic heterocycles. The molecular weight excluding hydrogens is 364 g/mol. The standard InChI is InChI=1S/C24H22N2O3/c1-29-20-14-8-13-19(15-20)26-23(18-11-6-3-7-12-18)24(28)22(25)21(16-27)17-9-4-2-5-10-17/h2-16,23,26H,25H2,1H3. The number of benzene rings is 3. The van der Waals surface area contributed by atoms with E-state index in [1.165, 1.54) is 0 Å². The number of anilines is 1. The van der Waals surface area contributed by atoms with Crippen LogP contribution < -0.4 is 15.8 Å². The van der Waals surface area contributed by atoms with Crippen molar-refractivity contribution in [1.29, 1.82) is 0 Å². The van der Waals surface area contributed by atoms with Gasteiger partial charge in [0.15, 0.2) is 6.29 Å². The van der Waals surface area contributed by atoms with Crippen molar-refractivity contribution in [3.8, 4) is 5.75 Å². The van der Waals surface area contributed by atoms with E-state index in [-0.39, 0.29) is 17.1 Å². The highest BCUT2D eigenvalue weighted by atomic mass is 16.5. The number of carbonyl (C=O) groups excluding carboxylic acids is 2. The minimum atomic E-state index is -0.762. The van der Waals surface area contributed by atoms with Crippen molar-refractivity contribution >= 4 is 23.3 Å². The number of hydrogen-bond acceptors (Lipinski definition) is 5. The van der Waals surface area contributed by atoms with Gasteiger partial charge in [-0.05, 0) is 23.3 Å². The lowest BCUT2D eigenvalue weighted by Crippen LogP contribution is -2.27. The van der Waals surface area contributed by atoms with Crippen molar-refractivity contribution in [3.05, 3.63) is 102 Å². The average molecular weight is 386 g/mol. The third-order valence-electron chi connectivity index (χ3n) is 4.53. The Morgan fingerprint density at radius 2 is 1.62 bits per heavy atom. The topological polar surface area (TPSA) is 81.4 Å². The second kappa shape index (κ2) is 9.37. The van der Waals surface area contributed by atoms with Gasteiger partial charge >= 0.3 is 0 Å². The van der Waals surface area contributed by atoms with Crippen LogP contribution in [0.25, 0.3) is 5.57 Å². The smallest absolute Gasteiger partial charge is 0.205 e. The summed E-state index contributed by atoms with van der Waals surface area (Å²) in [7, 11) is 1.58. The second-order valence-electron chi connectivity index (χ2n) is 6.40. The third-order valence-corrected chi connectivity index (χ3v) is 4.53. The lowest BCUT2D eigenvalue weighted by Gasteiger charge is -2.21. The molecule has 0 spiro atoms. The lowest BCUT2D eigenvalue weighted by atomic mass is 9.96. The van der Waals surface area contributed by atoms with Crippen molar-refractivity contribution in [2.75, 3.05) is 12.4 Å². The number of ketones is 1. The number of nitrogens with two attached hydrogens (primary N) is 1. The van der Waals surface area contributed by atoms with Gasteiger partial charge in [0.1, 0.15) is 11.8 Å². The van der Waals surface area contributed by atoms with Crippen LogP contribution in [0.3, 0.4) is 0 Å². The minimum Gasteiger partial charge on any atom is -0.497 e. The molecule has 5 nitrogen and oxygen atoms in total. The van der Waals surface area contributed by atoms with E-state index in [1.54, 1.807) is 37.4 Å². The van der Waals surface area contributed by atoms with Crippen LogP contribution in [-0.2, 0) is 9.59 Å². The molecule has 3 aromatic carbocycles. The van der Waals surface area contributed by atoms with Gasteiger partial charge in [0.2, 0.25) is 5.78 Å². The van der Waals surface area contributed by atoms with E-state index < -0.39 is 6.04 Å². The maximum absolute atomic E-state index is 13.3. The largest absolute Gasteiger partial charge is 0.497 e. The molecule has 1 atom stereocenters. The predicted molar refractivity (Wildman–Crippen MR) is 114 cm³/mol. The average Bonchev–Trinajstić information content (AvgIpc) is 2.79. The van der Waals surface area contributed by atoms with Crippen molar-refractivity contribution in [1.82, 2.24) is 0 Å². The number of carbonyl (C=O) groups is 2. The minimum absolute atomic E-state index is 0.0875. The number of rotatable bonds is 8. The second-order valence-corrected chi connectivity index (χ2v) is 6.40. The van der Waals surface area contributed by atoms with Crippen LogP contribution >= 0.6 is 0 Å². The fourth-order valence-electron chi connectivity index (χ4n) is 3.02. The van der Waals surface area contributed by atoms with Crippen LogP contribution in [0.15, 0.2) is 90.6 Å². The fourth-order valence-corrected chi connectivity index (χ4v) is 3.02. The van der Waals surface area contributed by atoms with E-state index in [1.807, 2.05) is 54.6 Å². The molecule has 0 heterocycles. The van der Waals surface area contributed by atoms with Gasteiger partial charge < -0.3 is 15.8 Å². The van der Waals surface area contributed by atoms with Gasteiger partial charge in [-0.2, -0.15) is 0 Å². The molecule has 0 radical (unpaired) electrons. The first-order valence-electron chi connectivity index (χ1n) is 9.14. The molecule has 0 bridgehead atoms. The van der Waals surface area contributed by atoms with Crippen LogP contribution in [0, 0.1) is 0 Å². The highest BCUT2D eigenvalue weighted by Gasteiger charge is 2.25. The van der Waals surface area contributed by atoms with Gasteiger partial charge in [-0.1, -0.05) is 66.7 Å². The molecule has 0 aliphatic carbocycles. The van der Waals surface area contributed by atoms with E-state index >= 15 is 0 Å². The number of hydrogen-bond donors (Lipinski definition) is 2. The van der Waals surface area contributed by atoms with Crippen LogP contribution in [0.5, 0.6) is 5.75 Å². The molecule has 5 heteroatoms. The molecule has 0 aromatic heterocycles. The molecule has 0 saturated carbocycles. The Morgan fingerprint density at radius 1 is 0.966 bits per heavy atom. The van der Waals surface area contributed by atoms with Gasteiger partial charge in [-0.3, -0.25) is 9.59 Å². The first-order valence-corrected chi connectivity index (χ1v) is 9.14. The molecule has 146 valence electrons.